The number of para-hydroxylation sites is 1. The predicted octanol–water partition coefficient (Wildman–Crippen LogP) is 3.43. The van der Waals surface area contributed by atoms with Gasteiger partial charge < -0.3 is 14.8 Å². The summed E-state index contributed by atoms with van der Waals surface area (Å²) >= 11 is 0. The summed E-state index contributed by atoms with van der Waals surface area (Å²) in [5, 5.41) is 3.45. The second-order valence-corrected chi connectivity index (χ2v) is 6.22. The molecule has 0 spiro atoms. The summed E-state index contributed by atoms with van der Waals surface area (Å²) in [6.07, 6.45) is 2.06. The van der Waals surface area contributed by atoms with Crippen molar-refractivity contribution in [1.29, 1.82) is 0 Å². The van der Waals surface area contributed by atoms with Gasteiger partial charge in [0.1, 0.15) is 0 Å². The normalized spacial score (nSPS) is 16.4. The van der Waals surface area contributed by atoms with Crippen LogP contribution in [0.5, 0.6) is 11.5 Å². The molecule has 0 bridgehead atoms. The van der Waals surface area contributed by atoms with Crippen molar-refractivity contribution in [3.8, 4) is 11.5 Å². The Labute approximate surface area is 142 Å². The van der Waals surface area contributed by atoms with Crippen LogP contribution in [0.1, 0.15) is 25.3 Å². The molecule has 134 valence electrons. The summed E-state index contributed by atoms with van der Waals surface area (Å²) in [4.78, 5) is 2.39. The standard InChI is InChI=1S/C18H26F2N2O2/c1-13(2)12-22-9-7-15(8-10-22)21-11-14-5-4-6-16(23-3)17(14)24-18(19)20/h4-6,15,18,21H,1,7-12H2,2-3H3. The average molecular weight is 340 g/mol. The topological polar surface area (TPSA) is 33.7 Å². The average Bonchev–Trinajstić information content (AvgIpc) is 2.54. The maximum absolute atomic E-state index is 12.6. The van der Waals surface area contributed by atoms with E-state index in [-0.39, 0.29) is 5.75 Å². The number of likely N-dealkylation sites (tertiary alicyclic amines) is 1. The second kappa shape index (κ2) is 8.99. The monoisotopic (exact) mass is 340 g/mol. The van der Waals surface area contributed by atoms with Crippen LogP contribution < -0.4 is 14.8 Å². The number of hydrogen-bond donors (Lipinski definition) is 1. The highest BCUT2D eigenvalue weighted by molar-refractivity contribution is 5.46. The lowest BCUT2D eigenvalue weighted by atomic mass is 10.0. The van der Waals surface area contributed by atoms with E-state index in [4.69, 9.17) is 4.74 Å². The molecule has 0 radical (unpaired) electrons. The quantitative estimate of drug-likeness (QED) is 0.735. The molecule has 1 heterocycles. The molecule has 2 rings (SSSR count). The number of alkyl halides is 2. The Morgan fingerprint density at radius 2 is 2.08 bits per heavy atom. The number of piperidine rings is 1. The van der Waals surface area contributed by atoms with Crippen molar-refractivity contribution in [2.24, 2.45) is 0 Å². The van der Waals surface area contributed by atoms with Crippen molar-refractivity contribution in [2.75, 3.05) is 26.7 Å². The van der Waals surface area contributed by atoms with Crippen LogP contribution in [0, 0.1) is 0 Å². The van der Waals surface area contributed by atoms with E-state index in [9.17, 15) is 8.78 Å². The number of halogens is 2. The third kappa shape index (κ3) is 5.46. The minimum absolute atomic E-state index is 0.113. The predicted molar refractivity (Wildman–Crippen MR) is 90.7 cm³/mol. The fourth-order valence-corrected chi connectivity index (χ4v) is 3.02. The lowest BCUT2D eigenvalue weighted by Crippen LogP contribution is -2.42. The van der Waals surface area contributed by atoms with E-state index in [1.165, 1.54) is 12.7 Å². The molecule has 0 unspecified atom stereocenters. The number of methoxy groups -OCH3 is 1. The van der Waals surface area contributed by atoms with Crippen molar-refractivity contribution in [1.82, 2.24) is 10.2 Å². The Balaban J connectivity index is 1.91. The Bertz CT molecular complexity index is 544. The number of nitrogens with zero attached hydrogens (tertiary/aromatic N) is 1. The minimum atomic E-state index is -2.87. The van der Waals surface area contributed by atoms with Gasteiger partial charge in [0.15, 0.2) is 11.5 Å². The maximum Gasteiger partial charge on any atom is 0.387 e. The van der Waals surface area contributed by atoms with Crippen LogP contribution in [0.25, 0.3) is 0 Å². The van der Waals surface area contributed by atoms with Crippen molar-refractivity contribution in [3.63, 3.8) is 0 Å². The summed E-state index contributed by atoms with van der Waals surface area (Å²) in [6.45, 7) is 6.57. The molecule has 1 saturated heterocycles. The fraction of sp³-hybridized carbons (Fsp3) is 0.556. The van der Waals surface area contributed by atoms with E-state index >= 15 is 0 Å². The molecule has 1 aliphatic rings. The third-order valence-electron chi connectivity index (χ3n) is 4.15. The number of rotatable bonds is 8. The molecule has 0 atom stereocenters. The number of hydrogen-bond acceptors (Lipinski definition) is 4. The van der Waals surface area contributed by atoms with Gasteiger partial charge in [-0.2, -0.15) is 8.78 Å². The zero-order chi connectivity index (χ0) is 17.5. The first-order chi connectivity index (χ1) is 11.5. The van der Waals surface area contributed by atoms with Gasteiger partial charge in [-0.15, -0.1) is 0 Å². The zero-order valence-electron chi connectivity index (χ0n) is 14.4. The largest absolute Gasteiger partial charge is 0.493 e. The summed E-state index contributed by atoms with van der Waals surface area (Å²) < 4.78 is 35.1. The smallest absolute Gasteiger partial charge is 0.387 e. The Hall–Kier alpha value is -1.66. The maximum atomic E-state index is 12.6. The molecular weight excluding hydrogens is 314 g/mol. The summed E-state index contributed by atoms with van der Waals surface area (Å²) in [6, 6.07) is 5.56. The first-order valence-corrected chi connectivity index (χ1v) is 8.20. The first kappa shape index (κ1) is 18.7. The van der Waals surface area contributed by atoms with E-state index in [1.54, 1.807) is 18.2 Å². The Morgan fingerprint density at radius 3 is 2.67 bits per heavy atom. The highest BCUT2D eigenvalue weighted by Crippen LogP contribution is 2.32. The minimum Gasteiger partial charge on any atom is -0.493 e. The van der Waals surface area contributed by atoms with E-state index in [1.807, 2.05) is 6.92 Å². The molecule has 1 aromatic rings. The van der Waals surface area contributed by atoms with Gasteiger partial charge in [0, 0.05) is 24.7 Å². The van der Waals surface area contributed by atoms with Crippen LogP contribution in [-0.4, -0.2) is 44.3 Å². The molecule has 0 aromatic heterocycles. The molecule has 4 nitrogen and oxygen atoms in total. The van der Waals surface area contributed by atoms with E-state index < -0.39 is 6.61 Å². The van der Waals surface area contributed by atoms with Crippen molar-refractivity contribution in [2.45, 2.75) is 39.0 Å². The van der Waals surface area contributed by atoms with Gasteiger partial charge in [0.25, 0.3) is 0 Å². The van der Waals surface area contributed by atoms with Gasteiger partial charge in [-0.1, -0.05) is 24.3 Å². The van der Waals surface area contributed by atoms with Gasteiger partial charge in [0.2, 0.25) is 0 Å². The molecular formula is C18H26F2N2O2. The van der Waals surface area contributed by atoms with Gasteiger partial charge in [0.05, 0.1) is 7.11 Å². The molecule has 0 saturated carbocycles. The third-order valence-corrected chi connectivity index (χ3v) is 4.15. The van der Waals surface area contributed by atoms with Crippen LogP contribution >= 0.6 is 0 Å². The molecule has 1 fully saturated rings. The lowest BCUT2D eigenvalue weighted by Gasteiger charge is -2.32. The van der Waals surface area contributed by atoms with Crippen LogP contribution in [-0.2, 0) is 6.54 Å². The van der Waals surface area contributed by atoms with Gasteiger partial charge in [-0.25, -0.2) is 0 Å². The highest BCUT2D eigenvalue weighted by Gasteiger charge is 2.20. The SMILES string of the molecule is C=C(C)CN1CCC(NCc2cccc(OC)c2OC(F)F)CC1. The second-order valence-electron chi connectivity index (χ2n) is 6.22. The molecule has 1 N–H and O–H groups in total. The Morgan fingerprint density at radius 1 is 1.38 bits per heavy atom. The van der Waals surface area contributed by atoms with Crippen LogP contribution in [0.15, 0.2) is 30.4 Å². The molecule has 0 aliphatic carbocycles. The highest BCUT2D eigenvalue weighted by atomic mass is 19.3. The number of ether oxygens (including phenoxy) is 2. The molecule has 6 heteroatoms. The van der Waals surface area contributed by atoms with Crippen LogP contribution in [0.4, 0.5) is 8.78 Å². The van der Waals surface area contributed by atoms with Crippen LogP contribution in [0.2, 0.25) is 0 Å². The molecule has 24 heavy (non-hydrogen) atoms. The first-order valence-electron chi connectivity index (χ1n) is 8.20. The number of nitrogens with one attached hydrogen (secondary N) is 1. The summed E-state index contributed by atoms with van der Waals surface area (Å²) in [5.74, 6) is 0.438. The Kier molecular flexibility index (Phi) is 6.99. The lowest BCUT2D eigenvalue weighted by molar-refractivity contribution is -0.0519. The van der Waals surface area contributed by atoms with Gasteiger partial charge >= 0.3 is 6.61 Å². The van der Waals surface area contributed by atoms with Gasteiger partial charge in [-0.05, 0) is 38.9 Å². The van der Waals surface area contributed by atoms with E-state index in [2.05, 4.69) is 21.5 Å². The van der Waals surface area contributed by atoms with Crippen molar-refractivity contribution in [3.05, 3.63) is 35.9 Å². The van der Waals surface area contributed by atoms with E-state index in [0.717, 1.165) is 32.5 Å². The number of benzene rings is 1. The van der Waals surface area contributed by atoms with Crippen LogP contribution in [0.3, 0.4) is 0 Å². The van der Waals surface area contributed by atoms with Gasteiger partial charge in [-0.3, -0.25) is 4.90 Å². The molecule has 1 aliphatic heterocycles. The fourth-order valence-electron chi connectivity index (χ4n) is 3.02. The summed E-state index contributed by atoms with van der Waals surface area (Å²) in [5.41, 5.74) is 1.85. The molecule has 1 aromatic carbocycles. The molecule has 0 amide bonds. The zero-order valence-corrected chi connectivity index (χ0v) is 14.4. The van der Waals surface area contributed by atoms with Crippen molar-refractivity contribution >= 4 is 0 Å². The van der Waals surface area contributed by atoms with Crippen molar-refractivity contribution < 1.29 is 18.3 Å². The van der Waals surface area contributed by atoms with E-state index in [0.29, 0.717) is 23.9 Å². The summed E-state index contributed by atoms with van der Waals surface area (Å²) in [7, 11) is 1.45.